The normalized spacial score (nSPS) is 21.8. The molecule has 2 N–H and O–H groups in total. The van der Waals surface area contributed by atoms with E-state index in [0.717, 1.165) is 19.3 Å². The first kappa shape index (κ1) is 15.1. The molecule has 2 unspecified atom stereocenters. The molecule has 0 aromatic heterocycles. The number of hydrogen-bond donors (Lipinski definition) is 1. The number of benzene rings is 1. The van der Waals surface area contributed by atoms with E-state index in [1.807, 2.05) is 7.05 Å². The van der Waals surface area contributed by atoms with Crippen LogP contribution in [0, 0.1) is 5.92 Å². The van der Waals surface area contributed by atoms with Gasteiger partial charge in [-0.3, -0.25) is 4.79 Å². The largest absolute Gasteiger partial charge is 0.484 e. The number of nitrogens with two attached hydrogens (primary N) is 1. The predicted octanol–water partition coefficient (Wildman–Crippen LogP) is 2.30. The quantitative estimate of drug-likeness (QED) is 0.907. The molecule has 0 saturated heterocycles. The molecule has 2 rings (SSSR count). The number of likely N-dealkylation sites (N-methyl/N-ethyl adjacent to an activating group) is 1. The number of hydrogen-bond acceptors (Lipinski definition) is 3. The second-order valence-corrected chi connectivity index (χ2v) is 5.68. The SMILES string of the molecule is CN(C(=O)COc1ccc(Cl)cc1)C1CCCC1CN. The molecule has 1 aliphatic carbocycles. The molecule has 110 valence electrons. The van der Waals surface area contributed by atoms with Crippen molar-refractivity contribution >= 4 is 17.5 Å². The lowest BCUT2D eigenvalue weighted by Gasteiger charge is -2.29. The van der Waals surface area contributed by atoms with Gasteiger partial charge in [0.2, 0.25) is 0 Å². The Bertz CT molecular complexity index is 450. The van der Waals surface area contributed by atoms with Crippen LogP contribution >= 0.6 is 11.6 Å². The zero-order valence-corrected chi connectivity index (χ0v) is 12.5. The predicted molar refractivity (Wildman–Crippen MR) is 79.9 cm³/mol. The Hall–Kier alpha value is -1.26. The summed E-state index contributed by atoms with van der Waals surface area (Å²) in [5.41, 5.74) is 5.76. The molecule has 1 aromatic carbocycles. The maximum absolute atomic E-state index is 12.2. The number of amides is 1. The van der Waals surface area contributed by atoms with E-state index in [9.17, 15) is 4.79 Å². The van der Waals surface area contributed by atoms with Crippen LogP contribution < -0.4 is 10.5 Å². The van der Waals surface area contributed by atoms with Gasteiger partial charge in [-0.2, -0.15) is 0 Å². The molecule has 1 amide bonds. The molecule has 0 aliphatic heterocycles. The summed E-state index contributed by atoms with van der Waals surface area (Å²) in [4.78, 5) is 14.0. The van der Waals surface area contributed by atoms with Gasteiger partial charge in [-0.1, -0.05) is 18.0 Å². The second-order valence-electron chi connectivity index (χ2n) is 5.24. The third-order valence-corrected chi connectivity index (χ3v) is 4.24. The number of halogens is 1. The van der Waals surface area contributed by atoms with E-state index in [2.05, 4.69) is 0 Å². The highest BCUT2D eigenvalue weighted by atomic mass is 35.5. The Morgan fingerprint density at radius 1 is 1.40 bits per heavy atom. The van der Waals surface area contributed by atoms with Crippen molar-refractivity contribution in [3.8, 4) is 5.75 Å². The minimum atomic E-state index is -0.00898. The monoisotopic (exact) mass is 296 g/mol. The molecule has 0 heterocycles. The number of carbonyl (C=O) groups is 1. The zero-order valence-electron chi connectivity index (χ0n) is 11.7. The maximum atomic E-state index is 12.2. The van der Waals surface area contributed by atoms with Crippen molar-refractivity contribution in [3.63, 3.8) is 0 Å². The van der Waals surface area contributed by atoms with Crippen LogP contribution in [0.25, 0.3) is 0 Å². The van der Waals surface area contributed by atoms with Gasteiger partial charge in [0.15, 0.2) is 6.61 Å². The fraction of sp³-hybridized carbons (Fsp3) is 0.533. The van der Waals surface area contributed by atoms with Crippen molar-refractivity contribution in [1.82, 2.24) is 4.90 Å². The van der Waals surface area contributed by atoms with Crippen molar-refractivity contribution in [2.24, 2.45) is 11.7 Å². The van der Waals surface area contributed by atoms with Crippen LogP contribution in [0.1, 0.15) is 19.3 Å². The number of ether oxygens (including phenoxy) is 1. The molecular weight excluding hydrogens is 276 g/mol. The van der Waals surface area contributed by atoms with Crippen molar-refractivity contribution in [3.05, 3.63) is 29.3 Å². The van der Waals surface area contributed by atoms with Crippen LogP contribution in [0.5, 0.6) is 5.75 Å². The minimum absolute atomic E-state index is 0.00898. The third-order valence-electron chi connectivity index (χ3n) is 3.99. The molecule has 0 radical (unpaired) electrons. The van der Waals surface area contributed by atoms with E-state index in [1.165, 1.54) is 0 Å². The second kappa shape index (κ2) is 6.95. The van der Waals surface area contributed by atoms with Crippen LogP contribution in [-0.2, 0) is 4.79 Å². The molecule has 2 atom stereocenters. The molecule has 5 heteroatoms. The Balaban J connectivity index is 1.86. The summed E-state index contributed by atoms with van der Waals surface area (Å²) in [7, 11) is 1.84. The highest BCUT2D eigenvalue weighted by Gasteiger charge is 2.31. The standard InChI is InChI=1S/C15H21ClN2O2/c1-18(14-4-2-3-11(14)9-17)15(19)10-20-13-7-5-12(16)6-8-13/h5-8,11,14H,2-4,9-10,17H2,1H3. The summed E-state index contributed by atoms with van der Waals surface area (Å²) < 4.78 is 5.49. The summed E-state index contributed by atoms with van der Waals surface area (Å²) in [6, 6.07) is 7.25. The summed E-state index contributed by atoms with van der Waals surface area (Å²) in [5, 5.41) is 0.650. The molecule has 1 saturated carbocycles. The fourth-order valence-corrected chi connectivity index (χ4v) is 2.89. The summed E-state index contributed by atoms with van der Waals surface area (Å²) in [5.74, 6) is 1.06. The number of rotatable bonds is 5. The molecular formula is C15H21ClN2O2. The molecule has 0 bridgehead atoms. The van der Waals surface area contributed by atoms with Crippen molar-refractivity contribution < 1.29 is 9.53 Å². The van der Waals surface area contributed by atoms with Crippen LogP contribution in [0.4, 0.5) is 0 Å². The Morgan fingerprint density at radius 2 is 2.10 bits per heavy atom. The average molecular weight is 297 g/mol. The summed E-state index contributed by atoms with van der Waals surface area (Å²) in [6.45, 7) is 0.687. The van der Waals surface area contributed by atoms with E-state index in [-0.39, 0.29) is 18.6 Å². The van der Waals surface area contributed by atoms with Crippen molar-refractivity contribution in [2.45, 2.75) is 25.3 Å². The van der Waals surface area contributed by atoms with Crippen LogP contribution in [0.2, 0.25) is 5.02 Å². The highest BCUT2D eigenvalue weighted by Crippen LogP contribution is 2.28. The van der Waals surface area contributed by atoms with Crippen LogP contribution in [-0.4, -0.2) is 37.0 Å². The van der Waals surface area contributed by atoms with Gasteiger partial charge in [-0.25, -0.2) is 0 Å². The van der Waals surface area contributed by atoms with Gasteiger partial charge < -0.3 is 15.4 Å². The van der Waals surface area contributed by atoms with Gasteiger partial charge >= 0.3 is 0 Å². The Kier molecular flexibility index (Phi) is 5.26. The molecule has 20 heavy (non-hydrogen) atoms. The topological polar surface area (TPSA) is 55.6 Å². The number of carbonyl (C=O) groups excluding carboxylic acids is 1. The van der Waals surface area contributed by atoms with E-state index in [0.29, 0.717) is 23.2 Å². The smallest absolute Gasteiger partial charge is 0.260 e. The summed E-state index contributed by atoms with van der Waals surface area (Å²) in [6.07, 6.45) is 3.28. The average Bonchev–Trinajstić information content (AvgIpc) is 2.94. The maximum Gasteiger partial charge on any atom is 0.260 e. The minimum Gasteiger partial charge on any atom is -0.484 e. The number of nitrogens with zero attached hydrogens (tertiary/aromatic N) is 1. The van der Waals surface area contributed by atoms with Gasteiger partial charge in [0, 0.05) is 18.1 Å². The van der Waals surface area contributed by atoms with Gasteiger partial charge in [0.1, 0.15) is 5.75 Å². The van der Waals surface area contributed by atoms with Crippen molar-refractivity contribution in [2.75, 3.05) is 20.2 Å². The summed E-state index contributed by atoms with van der Waals surface area (Å²) >= 11 is 5.80. The lowest BCUT2D eigenvalue weighted by atomic mass is 10.0. The lowest BCUT2D eigenvalue weighted by Crippen LogP contribution is -2.43. The first-order valence-electron chi connectivity index (χ1n) is 6.96. The van der Waals surface area contributed by atoms with Gasteiger partial charge in [-0.05, 0) is 49.6 Å². The van der Waals surface area contributed by atoms with E-state index >= 15 is 0 Å². The first-order valence-corrected chi connectivity index (χ1v) is 7.33. The van der Waals surface area contributed by atoms with Crippen LogP contribution in [0.15, 0.2) is 24.3 Å². The molecule has 1 fully saturated rings. The fourth-order valence-electron chi connectivity index (χ4n) is 2.76. The molecule has 4 nitrogen and oxygen atoms in total. The third kappa shape index (κ3) is 3.64. The Morgan fingerprint density at radius 3 is 2.75 bits per heavy atom. The molecule has 0 spiro atoms. The molecule has 1 aliphatic rings. The first-order chi connectivity index (χ1) is 9.61. The zero-order chi connectivity index (χ0) is 14.5. The van der Waals surface area contributed by atoms with E-state index < -0.39 is 0 Å². The van der Waals surface area contributed by atoms with E-state index in [4.69, 9.17) is 22.1 Å². The van der Waals surface area contributed by atoms with E-state index in [1.54, 1.807) is 29.2 Å². The molecule has 1 aromatic rings. The van der Waals surface area contributed by atoms with Gasteiger partial charge in [-0.15, -0.1) is 0 Å². The Labute approximate surface area is 124 Å². The highest BCUT2D eigenvalue weighted by molar-refractivity contribution is 6.30. The van der Waals surface area contributed by atoms with Crippen molar-refractivity contribution in [1.29, 1.82) is 0 Å². The van der Waals surface area contributed by atoms with Crippen LogP contribution in [0.3, 0.4) is 0 Å². The lowest BCUT2D eigenvalue weighted by molar-refractivity contribution is -0.134. The van der Waals surface area contributed by atoms with Gasteiger partial charge in [0.25, 0.3) is 5.91 Å². The van der Waals surface area contributed by atoms with Gasteiger partial charge in [0.05, 0.1) is 0 Å².